The van der Waals surface area contributed by atoms with Gasteiger partial charge in [0, 0.05) is 25.3 Å². The summed E-state index contributed by atoms with van der Waals surface area (Å²) in [6, 6.07) is 0. The Labute approximate surface area is 60.6 Å². The molecule has 0 unspecified atom stereocenters. The van der Waals surface area contributed by atoms with Gasteiger partial charge in [-0.3, -0.25) is 0 Å². The Morgan fingerprint density at radius 1 is 1.56 bits per heavy atom. The molecule has 0 aliphatic carbocycles. The van der Waals surface area contributed by atoms with Gasteiger partial charge in [-0.1, -0.05) is 11.6 Å². The van der Waals surface area contributed by atoms with Gasteiger partial charge in [0.2, 0.25) is 0 Å². The Kier molecular flexibility index (Phi) is 3.32. The largest absolute Gasteiger partial charge is 0.376 e. The van der Waals surface area contributed by atoms with E-state index < -0.39 is 0 Å². The zero-order chi connectivity index (χ0) is 7.44. The standard InChI is InChI=1S/C6H11ClN2/c1-5(7)6(4-8)9(2)3/h4,8H,1-3H3/b6-5+,8-4?. The number of nitrogens with zero attached hydrogens (tertiary/aromatic N) is 1. The SMILES string of the molecule is C/C(Cl)=C(/C=N)N(C)C. The zero-order valence-corrected chi connectivity index (χ0v) is 6.66. The summed E-state index contributed by atoms with van der Waals surface area (Å²) in [6.45, 7) is 1.77. The predicted octanol–water partition coefficient (Wildman–Crippen LogP) is 1.67. The third kappa shape index (κ3) is 2.51. The van der Waals surface area contributed by atoms with Gasteiger partial charge in [-0.25, -0.2) is 0 Å². The van der Waals surface area contributed by atoms with Crippen molar-refractivity contribution >= 4 is 17.8 Å². The quantitative estimate of drug-likeness (QED) is 0.590. The van der Waals surface area contributed by atoms with Gasteiger partial charge in [-0.2, -0.15) is 0 Å². The molecule has 0 heterocycles. The monoisotopic (exact) mass is 146 g/mol. The summed E-state index contributed by atoms with van der Waals surface area (Å²) in [6.07, 6.45) is 1.24. The van der Waals surface area contributed by atoms with Gasteiger partial charge in [0.1, 0.15) is 0 Å². The fourth-order valence-corrected chi connectivity index (χ4v) is 0.760. The molecule has 0 aliphatic rings. The number of hydrogen-bond acceptors (Lipinski definition) is 2. The molecule has 0 aromatic heterocycles. The van der Waals surface area contributed by atoms with E-state index in [1.165, 1.54) is 6.21 Å². The minimum atomic E-state index is 0.648. The van der Waals surface area contributed by atoms with Crippen LogP contribution in [0.3, 0.4) is 0 Å². The van der Waals surface area contributed by atoms with Gasteiger partial charge in [0.05, 0.1) is 5.70 Å². The van der Waals surface area contributed by atoms with Gasteiger partial charge in [-0.15, -0.1) is 0 Å². The number of nitrogens with one attached hydrogen (secondary N) is 1. The molecule has 0 aromatic carbocycles. The highest BCUT2D eigenvalue weighted by atomic mass is 35.5. The first-order chi connectivity index (χ1) is 4.09. The molecule has 0 saturated carbocycles. The van der Waals surface area contributed by atoms with E-state index in [-0.39, 0.29) is 0 Å². The van der Waals surface area contributed by atoms with Gasteiger partial charge in [0.25, 0.3) is 0 Å². The Bertz CT molecular complexity index is 134. The van der Waals surface area contributed by atoms with Crippen LogP contribution in [-0.2, 0) is 0 Å². The summed E-state index contributed by atoms with van der Waals surface area (Å²) >= 11 is 5.63. The molecule has 1 N–H and O–H groups in total. The molecule has 2 nitrogen and oxygen atoms in total. The van der Waals surface area contributed by atoms with E-state index in [0.29, 0.717) is 5.03 Å². The molecule has 0 saturated heterocycles. The smallest absolute Gasteiger partial charge is 0.0684 e. The summed E-state index contributed by atoms with van der Waals surface area (Å²) < 4.78 is 0. The molecule has 0 fully saturated rings. The van der Waals surface area contributed by atoms with Crippen molar-refractivity contribution in [1.29, 1.82) is 5.41 Å². The Hall–Kier alpha value is -0.500. The first-order valence-electron chi connectivity index (χ1n) is 2.63. The Morgan fingerprint density at radius 2 is 2.00 bits per heavy atom. The lowest BCUT2D eigenvalue weighted by molar-refractivity contribution is 0.538. The maximum Gasteiger partial charge on any atom is 0.0684 e. The van der Waals surface area contributed by atoms with Crippen LogP contribution in [-0.4, -0.2) is 25.2 Å². The molecular formula is C6H11ClN2. The number of halogens is 1. The molecule has 0 aliphatic heterocycles. The van der Waals surface area contributed by atoms with Gasteiger partial charge in [0.15, 0.2) is 0 Å². The highest BCUT2D eigenvalue weighted by Crippen LogP contribution is 2.07. The fraction of sp³-hybridized carbons (Fsp3) is 0.500. The molecule has 3 heteroatoms. The van der Waals surface area contributed by atoms with Gasteiger partial charge in [-0.05, 0) is 6.92 Å². The highest BCUT2D eigenvalue weighted by Gasteiger charge is 1.96. The fourth-order valence-electron chi connectivity index (χ4n) is 0.537. The second-order valence-electron chi connectivity index (χ2n) is 1.96. The molecule has 0 rings (SSSR count). The summed E-state index contributed by atoms with van der Waals surface area (Å²) in [5, 5.41) is 7.56. The molecule has 52 valence electrons. The van der Waals surface area contributed by atoms with Crippen molar-refractivity contribution in [3.8, 4) is 0 Å². The van der Waals surface area contributed by atoms with Crippen molar-refractivity contribution in [3.63, 3.8) is 0 Å². The summed E-state index contributed by atoms with van der Waals surface area (Å²) in [5.74, 6) is 0. The Balaban J connectivity index is 4.34. The molecule has 0 amide bonds. The Morgan fingerprint density at radius 3 is 2.00 bits per heavy atom. The van der Waals surface area contributed by atoms with Crippen LogP contribution in [0.4, 0.5) is 0 Å². The lowest BCUT2D eigenvalue weighted by Gasteiger charge is -2.12. The zero-order valence-electron chi connectivity index (χ0n) is 5.90. The topological polar surface area (TPSA) is 27.1 Å². The van der Waals surface area contributed by atoms with Crippen molar-refractivity contribution < 1.29 is 0 Å². The molecule has 0 aromatic rings. The summed E-state index contributed by atoms with van der Waals surface area (Å²) in [7, 11) is 3.71. The second-order valence-corrected chi connectivity index (χ2v) is 2.52. The highest BCUT2D eigenvalue weighted by molar-refractivity contribution is 6.30. The van der Waals surface area contributed by atoms with Crippen LogP contribution in [0.2, 0.25) is 0 Å². The minimum Gasteiger partial charge on any atom is -0.376 e. The lowest BCUT2D eigenvalue weighted by Crippen LogP contribution is -2.12. The molecule has 9 heavy (non-hydrogen) atoms. The van der Waals surface area contributed by atoms with Crippen LogP contribution in [0.25, 0.3) is 0 Å². The summed E-state index contributed by atoms with van der Waals surface area (Å²) in [5.41, 5.74) is 0.747. The number of hydrogen-bond donors (Lipinski definition) is 1. The van der Waals surface area contributed by atoms with Gasteiger partial charge < -0.3 is 10.3 Å². The van der Waals surface area contributed by atoms with Crippen LogP contribution in [0.5, 0.6) is 0 Å². The van der Waals surface area contributed by atoms with Crippen LogP contribution in [0.15, 0.2) is 10.7 Å². The van der Waals surface area contributed by atoms with E-state index in [1.54, 1.807) is 11.8 Å². The molecule has 0 radical (unpaired) electrons. The van der Waals surface area contributed by atoms with E-state index >= 15 is 0 Å². The van der Waals surface area contributed by atoms with Crippen LogP contribution in [0.1, 0.15) is 6.92 Å². The van der Waals surface area contributed by atoms with Crippen molar-refractivity contribution in [2.45, 2.75) is 6.92 Å². The molecule has 0 bridgehead atoms. The predicted molar refractivity (Wildman–Crippen MR) is 41.0 cm³/mol. The third-order valence-corrected chi connectivity index (χ3v) is 1.17. The maximum atomic E-state index is 6.91. The van der Waals surface area contributed by atoms with Crippen LogP contribution < -0.4 is 0 Å². The molecule has 0 spiro atoms. The molecular weight excluding hydrogens is 136 g/mol. The van der Waals surface area contributed by atoms with Crippen LogP contribution in [0, 0.1) is 5.41 Å². The number of rotatable bonds is 2. The third-order valence-electron chi connectivity index (χ3n) is 0.971. The molecule has 0 atom stereocenters. The van der Waals surface area contributed by atoms with Crippen molar-refractivity contribution in [2.75, 3.05) is 14.1 Å². The number of allylic oxidation sites excluding steroid dienone is 2. The first-order valence-corrected chi connectivity index (χ1v) is 3.01. The first kappa shape index (κ1) is 8.50. The normalized spacial score (nSPS) is 12.4. The van der Waals surface area contributed by atoms with Crippen molar-refractivity contribution in [3.05, 3.63) is 10.7 Å². The van der Waals surface area contributed by atoms with Gasteiger partial charge >= 0.3 is 0 Å². The van der Waals surface area contributed by atoms with Crippen LogP contribution >= 0.6 is 11.6 Å². The van der Waals surface area contributed by atoms with E-state index in [2.05, 4.69) is 0 Å². The lowest BCUT2D eigenvalue weighted by atomic mass is 10.4. The average Bonchev–Trinajstić information content (AvgIpc) is 1.64. The van der Waals surface area contributed by atoms with Crippen molar-refractivity contribution in [1.82, 2.24) is 4.90 Å². The van der Waals surface area contributed by atoms with E-state index in [1.807, 2.05) is 14.1 Å². The van der Waals surface area contributed by atoms with E-state index in [4.69, 9.17) is 17.0 Å². The van der Waals surface area contributed by atoms with E-state index in [9.17, 15) is 0 Å². The second kappa shape index (κ2) is 3.51. The maximum absolute atomic E-state index is 6.91. The van der Waals surface area contributed by atoms with Crippen molar-refractivity contribution in [2.24, 2.45) is 0 Å². The average molecular weight is 147 g/mol. The minimum absolute atomic E-state index is 0.648. The summed E-state index contributed by atoms with van der Waals surface area (Å²) in [4.78, 5) is 1.80. The van der Waals surface area contributed by atoms with E-state index in [0.717, 1.165) is 5.70 Å².